The van der Waals surface area contributed by atoms with Gasteiger partial charge in [0.15, 0.2) is 0 Å². The topological polar surface area (TPSA) is 126 Å². The number of nitrogens with one attached hydrogen (secondary N) is 3. The van der Waals surface area contributed by atoms with Crippen molar-refractivity contribution in [1.82, 2.24) is 20.5 Å². The highest BCUT2D eigenvalue weighted by Gasteiger charge is 2.15. The number of hydrogen-bond acceptors (Lipinski definition) is 6. The van der Waals surface area contributed by atoms with Crippen molar-refractivity contribution in [3.63, 3.8) is 0 Å². The van der Waals surface area contributed by atoms with Gasteiger partial charge in [-0.3, -0.25) is 20.0 Å². The average Bonchev–Trinajstić information content (AvgIpc) is 2.97. The second-order valence-corrected chi connectivity index (χ2v) is 3.85. The molecule has 0 aliphatic heterocycles. The fourth-order valence-corrected chi connectivity index (χ4v) is 1.62. The molecule has 2 rings (SSSR count). The van der Waals surface area contributed by atoms with Crippen LogP contribution in [0.3, 0.4) is 0 Å². The van der Waals surface area contributed by atoms with Crippen molar-refractivity contribution in [2.45, 2.75) is 6.54 Å². The van der Waals surface area contributed by atoms with Gasteiger partial charge in [-0.1, -0.05) is 0 Å². The number of aromatic amines is 1. The molecule has 20 heavy (non-hydrogen) atoms. The van der Waals surface area contributed by atoms with E-state index >= 15 is 0 Å². The van der Waals surface area contributed by atoms with E-state index in [1.807, 2.05) is 0 Å². The van der Waals surface area contributed by atoms with Gasteiger partial charge < -0.3 is 10.6 Å². The van der Waals surface area contributed by atoms with E-state index in [9.17, 15) is 14.9 Å². The molecule has 0 saturated carbocycles. The number of hydrogen-bond donors (Lipinski definition) is 3. The Morgan fingerprint density at radius 1 is 1.50 bits per heavy atom. The molecule has 0 fully saturated rings. The molecular formula is C11H12N6O3. The fourth-order valence-electron chi connectivity index (χ4n) is 1.62. The van der Waals surface area contributed by atoms with Crippen LogP contribution in [-0.2, 0) is 6.54 Å². The van der Waals surface area contributed by atoms with Gasteiger partial charge in [-0.25, -0.2) is 4.98 Å². The number of aromatic nitrogens is 3. The van der Waals surface area contributed by atoms with E-state index < -0.39 is 4.92 Å². The van der Waals surface area contributed by atoms with Gasteiger partial charge in [0, 0.05) is 18.7 Å². The lowest BCUT2D eigenvalue weighted by Crippen LogP contribution is -2.23. The van der Waals surface area contributed by atoms with Crippen LogP contribution in [-0.4, -0.2) is 33.1 Å². The van der Waals surface area contributed by atoms with Gasteiger partial charge in [0.05, 0.1) is 11.5 Å². The van der Waals surface area contributed by atoms with Crippen LogP contribution in [0.25, 0.3) is 0 Å². The normalized spacial score (nSPS) is 10.1. The molecule has 0 aliphatic carbocycles. The van der Waals surface area contributed by atoms with Gasteiger partial charge in [-0.2, -0.15) is 5.10 Å². The minimum atomic E-state index is -0.512. The molecule has 0 aliphatic rings. The number of amides is 1. The number of anilines is 1. The molecule has 0 unspecified atom stereocenters. The number of carbonyl (C=O) groups excluding carboxylic acids is 1. The molecule has 1 aromatic heterocycles. The maximum absolute atomic E-state index is 11.9. The van der Waals surface area contributed by atoms with Crippen LogP contribution >= 0.6 is 0 Å². The van der Waals surface area contributed by atoms with Crippen molar-refractivity contribution in [2.75, 3.05) is 12.4 Å². The predicted molar refractivity (Wildman–Crippen MR) is 70.2 cm³/mol. The number of carbonyl (C=O) groups is 1. The molecule has 9 nitrogen and oxygen atoms in total. The van der Waals surface area contributed by atoms with E-state index in [-0.39, 0.29) is 23.8 Å². The van der Waals surface area contributed by atoms with Crippen LogP contribution < -0.4 is 10.6 Å². The van der Waals surface area contributed by atoms with E-state index in [1.165, 1.54) is 24.5 Å². The van der Waals surface area contributed by atoms with Gasteiger partial charge in [0.1, 0.15) is 17.8 Å². The smallest absolute Gasteiger partial charge is 0.292 e. The lowest BCUT2D eigenvalue weighted by atomic mass is 10.1. The highest BCUT2D eigenvalue weighted by atomic mass is 16.6. The van der Waals surface area contributed by atoms with E-state index in [1.54, 1.807) is 7.05 Å². The number of H-pyrrole nitrogens is 1. The number of nitro groups is 1. The molecule has 104 valence electrons. The summed E-state index contributed by atoms with van der Waals surface area (Å²) in [5, 5.41) is 22.4. The van der Waals surface area contributed by atoms with E-state index in [0.717, 1.165) is 0 Å². The maximum atomic E-state index is 11.9. The summed E-state index contributed by atoms with van der Waals surface area (Å²) in [5.74, 6) is 0.168. The molecule has 1 heterocycles. The minimum Gasteiger partial charge on any atom is -0.383 e. The highest BCUT2D eigenvalue weighted by molar-refractivity contribution is 5.95. The number of nitro benzene ring substituents is 1. The molecule has 1 aromatic carbocycles. The zero-order valence-electron chi connectivity index (χ0n) is 10.6. The first kappa shape index (κ1) is 13.5. The van der Waals surface area contributed by atoms with Crippen LogP contribution in [0.1, 0.15) is 16.2 Å². The first-order valence-corrected chi connectivity index (χ1v) is 5.70. The fraction of sp³-hybridized carbons (Fsp3) is 0.182. The molecule has 0 atom stereocenters. The molecule has 2 aromatic rings. The molecule has 0 radical (unpaired) electrons. The highest BCUT2D eigenvalue weighted by Crippen LogP contribution is 2.24. The van der Waals surface area contributed by atoms with Crippen LogP contribution in [0.4, 0.5) is 11.4 Å². The zero-order valence-corrected chi connectivity index (χ0v) is 10.6. The second kappa shape index (κ2) is 5.78. The third-order valence-corrected chi connectivity index (χ3v) is 2.61. The number of nitrogens with zero attached hydrogens (tertiary/aromatic N) is 3. The van der Waals surface area contributed by atoms with Crippen LogP contribution in [0.5, 0.6) is 0 Å². The average molecular weight is 276 g/mol. The van der Waals surface area contributed by atoms with Gasteiger partial charge in [-0.05, 0) is 12.1 Å². The summed E-state index contributed by atoms with van der Waals surface area (Å²) in [5.41, 5.74) is 0.515. The van der Waals surface area contributed by atoms with E-state index in [2.05, 4.69) is 25.8 Å². The Balaban J connectivity index is 2.12. The quantitative estimate of drug-likeness (QED) is 0.544. The SMILES string of the molecule is CNc1cc(C(=O)NCc2ncn[nH]2)ccc1[N+](=O)[O-]. The molecule has 0 saturated heterocycles. The Hall–Kier alpha value is -2.97. The summed E-state index contributed by atoms with van der Waals surface area (Å²) in [7, 11) is 1.55. The lowest BCUT2D eigenvalue weighted by Gasteiger charge is -2.06. The number of rotatable bonds is 5. The Kier molecular flexibility index (Phi) is 3.89. The monoisotopic (exact) mass is 276 g/mol. The van der Waals surface area contributed by atoms with Gasteiger partial charge in [-0.15, -0.1) is 0 Å². The van der Waals surface area contributed by atoms with Crippen molar-refractivity contribution in [3.8, 4) is 0 Å². The number of benzene rings is 1. The van der Waals surface area contributed by atoms with Crippen molar-refractivity contribution < 1.29 is 9.72 Å². The minimum absolute atomic E-state index is 0.0840. The summed E-state index contributed by atoms with van der Waals surface area (Å²) in [4.78, 5) is 26.1. The Labute approximate surface area is 113 Å². The van der Waals surface area contributed by atoms with Gasteiger partial charge in [0.25, 0.3) is 11.6 Å². The largest absolute Gasteiger partial charge is 0.383 e. The molecule has 3 N–H and O–H groups in total. The summed E-state index contributed by atoms with van der Waals surface area (Å²) >= 11 is 0. The van der Waals surface area contributed by atoms with Gasteiger partial charge >= 0.3 is 0 Å². The van der Waals surface area contributed by atoms with Gasteiger partial charge in [0.2, 0.25) is 0 Å². The summed E-state index contributed by atoms with van der Waals surface area (Å²) < 4.78 is 0. The lowest BCUT2D eigenvalue weighted by molar-refractivity contribution is -0.383. The Morgan fingerprint density at radius 2 is 2.30 bits per heavy atom. The standard InChI is InChI=1S/C11H12N6O3/c1-12-8-4-7(2-3-9(8)17(19)20)11(18)13-5-10-14-6-15-16-10/h2-4,6,12H,5H2,1H3,(H,13,18)(H,14,15,16). The first-order chi connectivity index (χ1) is 9.61. The third kappa shape index (κ3) is 2.88. The predicted octanol–water partition coefficient (Wildman–Crippen LogP) is 0.685. The van der Waals surface area contributed by atoms with E-state index in [4.69, 9.17) is 0 Å². The third-order valence-electron chi connectivity index (χ3n) is 2.61. The molecule has 9 heteroatoms. The second-order valence-electron chi connectivity index (χ2n) is 3.85. The Morgan fingerprint density at radius 3 is 2.90 bits per heavy atom. The van der Waals surface area contributed by atoms with Crippen molar-refractivity contribution in [2.24, 2.45) is 0 Å². The van der Waals surface area contributed by atoms with E-state index in [0.29, 0.717) is 11.4 Å². The molecule has 1 amide bonds. The molecule has 0 spiro atoms. The van der Waals surface area contributed by atoms with Crippen molar-refractivity contribution >= 4 is 17.3 Å². The summed E-state index contributed by atoms with van der Waals surface area (Å²) in [6, 6.07) is 4.11. The van der Waals surface area contributed by atoms with Crippen LogP contribution in [0.2, 0.25) is 0 Å². The zero-order chi connectivity index (χ0) is 14.5. The first-order valence-electron chi connectivity index (χ1n) is 5.70. The van der Waals surface area contributed by atoms with Crippen LogP contribution in [0.15, 0.2) is 24.5 Å². The van der Waals surface area contributed by atoms with Crippen molar-refractivity contribution in [1.29, 1.82) is 0 Å². The van der Waals surface area contributed by atoms with Crippen molar-refractivity contribution in [3.05, 3.63) is 46.0 Å². The Bertz CT molecular complexity index is 625. The van der Waals surface area contributed by atoms with Crippen LogP contribution in [0, 0.1) is 10.1 Å². The molecular weight excluding hydrogens is 264 g/mol. The maximum Gasteiger partial charge on any atom is 0.292 e. The summed E-state index contributed by atoms with van der Waals surface area (Å²) in [6.07, 6.45) is 1.34. The summed E-state index contributed by atoms with van der Waals surface area (Å²) in [6.45, 7) is 0.199. The molecule has 0 bridgehead atoms.